The molecular formula is C14H15BrN4O. The van der Waals surface area contributed by atoms with Gasteiger partial charge in [-0.1, -0.05) is 22.0 Å². The summed E-state index contributed by atoms with van der Waals surface area (Å²) in [6, 6.07) is 7.65. The molecule has 6 heteroatoms. The van der Waals surface area contributed by atoms with E-state index in [1.165, 1.54) is 0 Å². The van der Waals surface area contributed by atoms with Gasteiger partial charge in [-0.25, -0.2) is 0 Å². The van der Waals surface area contributed by atoms with Gasteiger partial charge in [0.15, 0.2) is 0 Å². The van der Waals surface area contributed by atoms with E-state index >= 15 is 0 Å². The van der Waals surface area contributed by atoms with Crippen molar-refractivity contribution in [2.24, 2.45) is 13.0 Å². The molecule has 3 rings (SSSR count). The van der Waals surface area contributed by atoms with Crippen molar-refractivity contribution in [1.82, 2.24) is 14.8 Å². The SMILES string of the molecule is Cn1nc(-c2ccccn2)cc1N1CC(CBr)CC1=O. The fraction of sp³-hybridized carbons (Fsp3) is 0.357. The fourth-order valence-corrected chi connectivity index (χ4v) is 2.89. The molecule has 3 heterocycles. The number of pyridine rings is 1. The van der Waals surface area contributed by atoms with Crippen LogP contribution in [0.3, 0.4) is 0 Å². The third-order valence-corrected chi connectivity index (χ3v) is 4.40. The molecule has 5 nitrogen and oxygen atoms in total. The summed E-state index contributed by atoms with van der Waals surface area (Å²) in [5, 5.41) is 5.31. The van der Waals surface area contributed by atoms with Gasteiger partial charge in [-0.05, 0) is 18.1 Å². The zero-order valence-electron chi connectivity index (χ0n) is 11.2. The number of halogens is 1. The highest BCUT2D eigenvalue weighted by atomic mass is 79.9. The van der Waals surface area contributed by atoms with E-state index in [2.05, 4.69) is 26.0 Å². The van der Waals surface area contributed by atoms with Crippen LogP contribution in [-0.2, 0) is 11.8 Å². The number of nitrogens with zero attached hydrogens (tertiary/aromatic N) is 4. The van der Waals surface area contributed by atoms with E-state index in [4.69, 9.17) is 0 Å². The van der Waals surface area contributed by atoms with Gasteiger partial charge in [-0.15, -0.1) is 0 Å². The molecule has 2 aromatic heterocycles. The second-order valence-corrected chi connectivity index (χ2v) is 5.60. The Morgan fingerprint density at radius 2 is 2.25 bits per heavy atom. The number of aryl methyl sites for hydroxylation is 1. The Balaban J connectivity index is 1.92. The van der Waals surface area contributed by atoms with E-state index in [9.17, 15) is 4.79 Å². The van der Waals surface area contributed by atoms with Crippen molar-refractivity contribution in [3.63, 3.8) is 0 Å². The molecule has 1 unspecified atom stereocenters. The van der Waals surface area contributed by atoms with Gasteiger partial charge < -0.3 is 0 Å². The lowest BCUT2D eigenvalue weighted by molar-refractivity contribution is -0.117. The zero-order chi connectivity index (χ0) is 14.1. The summed E-state index contributed by atoms with van der Waals surface area (Å²) in [6.45, 7) is 0.741. The van der Waals surface area contributed by atoms with Crippen LogP contribution in [0.25, 0.3) is 11.4 Å². The molecule has 1 aliphatic rings. The normalized spacial score (nSPS) is 18.8. The molecule has 1 atom stereocenters. The average molecular weight is 335 g/mol. The molecule has 0 bridgehead atoms. The van der Waals surface area contributed by atoms with Crippen LogP contribution in [0.4, 0.5) is 5.82 Å². The Hall–Kier alpha value is -1.69. The molecule has 0 spiro atoms. The number of hydrogen-bond donors (Lipinski definition) is 0. The monoisotopic (exact) mass is 334 g/mol. The molecule has 0 radical (unpaired) electrons. The number of carbonyl (C=O) groups is 1. The maximum atomic E-state index is 12.1. The number of hydrogen-bond acceptors (Lipinski definition) is 3. The van der Waals surface area contributed by atoms with Crippen LogP contribution in [0, 0.1) is 5.92 Å². The molecular weight excluding hydrogens is 320 g/mol. The third-order valence-electron chi connectivity index (χ3n) is 3.48. The molecule has 0 aromatic carbocycles. The number of carbonyl (C=O) groups excluding carboxylic acids is 1. The minimum absolute atomic E-state index is 0.157. The van der Waals surface area contributed by atoms with Crippen molar-refractivity contribution >= 4 is 27.7 Å². The van der Waals surface area contributed by atoms with Crippen LogP contribution in [0.1, 0.15) is 6.42 Å². The largest absolute Gasteiger partial charge is 0.297 e. The second kappa shape index (κ2) is 5.36. The highest BCUT2D eigenvalue weighted by Gasteiger charge is 2.31. The van der Waals surface area contributed by atoms with Gasteiger partial charge in [-0.2, -0.15) is 5.10 Å². The molecule has 1 aliphatic heterocycles. The first-order chi connectivity index (χ1) is 9.69. The zero-order valence-corrected chi connectivity index (χ0v) is 12.7. The molecule has 0 N–H and O–H groups in total. The van der Waals surface area contributed by atoms with E-state index in [0.717, 1.165) is 29.1 Å². The minimum atomic E-state index is 0.157. The van der Waals surface area contributed by atoms with E-state index in [0.29, 0.717) is 12.3 Å². The standard InChI is InChI=1S/C14H15BrN4O/c1-18-13(19-9-10(8-15)6-14(19)20)7-12(17-18)11-4-2-3-5-16-11/h2-5,7,10H,6,8-9H2,1H3. The number of rotatable bonds is 3. The Kier molecular flexibility index (Phi) is 3.56. The summed E-state index contributed by atoms with van der Waals surface area (Å²) in [7, 11) is 1.86. The molecule has 1 saturated heterocycles. The van der Waals surface area contributed by atoms with Crippen molar-refractivity contribution < 1.29 is 4.79 Å². The predicted molar refractivity (Wildman–Crippen MR) is 80.7 cm³/mol. The first kappa shape index (κ1) is 13.3. The van der Waals surface area contributed by atoms with Crippen molar-refractivity contribution in [3.05, 3.63) is 30.5 Å². The quantitative estimate of drug-likeness (QED) is 0.809. The lowest BCUT2D eigenvalue weighted by Gasteiger charge is -2.15. The maximum Gasteiger partial charge on any atom is 0.228 e. The number of amides is 1. The molecule has 2 aromatic rings. The number of aromatic nitrogens is 3. The molecule has 0 saturated carbocycles. The van der Waals surface area contributed by atoms with Gasteiger partial charge in [-0.3, -0.25) is 19.4 Å². The highest BCUT2D eigenvalue weighted by molar-refractivity contribution is 9.09. The Labute approximate surface area is 125 Å². The van der Waals surface area contributed by atoms with Gasteiger partial charge in [0.25, 0.3) is 0 Å². The van der Waals surface area contributed by atoms with Crippen LogP contribution in [0.2, 0.25) is 0 Å². The van der Waals surface area contributed by atoms with Gasteiger partial charge in [0.1, 0.15) is 11.5 Å². The summed E-state index contributed by atoms with van der Waals surface area (Å²) in [4.78, 5) is 18.2. The smallest absolute Gasteiger partial charge is 0.228 e. The van der Waals surface area contributed by atoms with Crippen LogP contribution in [-0.4, -0.2) is 32.5 Å². The van der Waals surface area contributed by atoms with Crippen molar-refractivity contribution in [2.75, 3.05) is 16.8 Å². The van der Waals surface area contributed by atoms with E-state index < -0.39 is 0 Å². The lowest BCUT2D eigenvalue weighted by atomic mass is 10.2. The highest BCUT2D eigenvalue weighted by Crippen LogP contribution is 2.28. The summed E-state index contributed by atoms with van der Waals surface area (Å²) in [6.07, 6.45) is 2.33. The van der Waals surface area contributed by atoms with Gasteiger partial charge in [0.05, 0.1) is 5.69 Å². The van der Waals surface area contributed by atoms with Gasteiger partial charge in [0, 0.05) is 37.6 Å². The number of anilines is 1. The first-order valence-electron chi connectivity index (χ1n) is 6.51. The summed E-state index contributed by atoms with van der Waals surface area (Å²) in [5.74, 6) is 1.36. The summed E-state index contributed by atoms with van der Waals surface area (Å²) >= 11 is 3.45. The first-order valence-corrected chi connectivity index (χ1v) is 7.63. The minimum Gasteiger partial charge on any atom is -0.297 e. The van der Waals surface area contributed by atoms with Crippen molar-refractivity contribution in [3.8, 4) is 11.4 Å². The van der Waals surface area contributed by atoms with Crippen LogP contribution >= 0.6 is 15.9 Å². The fourth-order valence-electron chi connectivity index (χ4n) is 2.46. The Bertz CT molecular complexity index is 625. The van der Waals surface area contributed by atoms with Crippen LogP contribution < -0.4 is 4.90 Å². The van der Waals surface area contributed by atoms with E-state index in [-0.39, 0.29) is 5.91 Å². The Morgan fingerprint density at radius 3 is 2.90 bits per heavy atom. The molecule has 0 aliphatic carbocycles. The molecule has 104 valence electrons. The summed E-state index contributed by atoms with van der Waals surface area (Å²) in [5.41, 5.74) is 1.61. The van der Waals surface area contributed by atoms with E-state index in [1.54, 1.807) is 10.9 Å². The van der Waals surface area contributed by atoms with Crippen LogP contribution in [0.5, 0.6) is 0 Å². The molecule has 20 heavy (non-hydrogen) atoms. The lowest BCUT2D eigenvalue weighted by Crippen LogP contribution is -2.26. The van der Waals surface area contributed by atoms with Gasteiger partial charge in [0.2, 0.25) is 5.91 Å². The van der Waals surface area contributed by atoms with E-state index in [1.807, 2.05) is 36.2 Å². The molecule has 1 amide bonds. The molecule has 1 fully saturated rings. The average Bonchev–Trinajstić information content (AvgIpc) is 3.02. The second-order valence-electron chi connectivity index (χ2n) is 4.96. The topological polar surface area (TPSA) is 51.0 Å². The van der Waals surface area contributed by atoms with Crippen LogP contribution in [0.15, 0.2) is 30.5 Å². The maximum absolute atomic E-state index is 12.1. The van der Waals surface area contributed by atoms with Gasteiger partial charge >= 0.3 is 0 Å². The third kappa shape index (κ3) is 2.35. The van der Waals surface area contributed by atoms with Crippen molar-refractivity contribution in [1.29, 1.82) is 0 Å². The van der Waals surface area contributed by atoms with Crippen molar-refractivity contribution in [2.45, 2.75) is 6.42 Å². The Morgan fingerprint density at radius 1 is 1.40 bits per heavy atom. The summed E-state index contributed by atoms with van der Waals surface area (Å²) < 4.78 is 1.75. The predicted octanol–water partition coefficient (Wildman–Crippen LogP) is 2.23. The number of alkyl halides is 1.